The van der Waals surface area contributed by atoms with Crippen LogP contribution in [0.3, 0.4) is 0 Å². The molecule has 98 valence electrons. The lowest BCUT2D eigenvalue weighted by atomic mass is 9.81. The molecule has 0 aliphatic carbocycles. The Balaban J connectivity index is 1.76. The number of nitrogens with one attached hydrogen (secondary N) is 1. The molecule has 3 heteroatoms. The summed E-state index contributed by atoms with van der Waals surface area (Å²) >= 11 is 0. The number of aryl methyl sites for hydroxylation is 1. The topological polar surface area (TPSA) is 49.3 Å². The Morgan fingerprint density at radius 2 is 2.06 bits per heavy atom. The molecule has 1 aliphatic rings. The fourth-order valence-electron chi connectivity index (χ4n) is 2.68. The van der Waals surface area contributed by atoms with Crippen molar-refractivity contribution in [2.45, 2.75) is 32.1 Å². The van der Waals surface area contributed by atoms with Gasteiger partial charge in [-0.05, 0) is 37.8 Å². The van der Waals surface area contributed by atoms with E-state index >= 15 is 0 Å². The highest BCUT2D eigenvalue weighted by molar-refractivity contribution is 5.75. The lowest BCUT2D eigenvalue weighted by Crippen LogP contribution is -2.33. The van der Waals surface area contributed by atoms with Crippen molar-refractivity contribution < 1.29 is 9.90 Å². The van der Waals surface area contributed by atoms with Crippen molar-refractivity contribution in [2.75, 3.05) is 13.1 Å². The largest absolute Gasteiger partial charge is 0.481 e. The van der Waals surface area contributed by atoms with E-state index in [4.69, 9.17) is 0 Å². The van der Waals surface area contributed by atoms with Crippen LogP contribution in [0.2, 0.25) is 0 Å². The first kappa shape index (κ1) is 13.1. The molecule has 0 bridgehead atoms. The van der Waals surface area contributed by atoms with Gasteiger partial charge in [0.25, 0.3) is 0 Å². The minimum atomic E-state index is -0.632. The first-order chi connectivity index (χ1) is 8.73. The maximum Gasteiger partial charge on any atom is 0.310 e. The molecule has 1 heterocycles. The van der Waals surface area contributed by atoms with Gasteiger partial charge in [-0.1, -0.05) is 36.8 Å². The lowest BCUT2D eigenvalue weighted by Gasteiger charge is -2.22. The van der Waals surface area contributed by atoms with Gasteiger partial charge in [0.15, 0.2) is 0 Å². The van der Waals surface area contributed by atoms with Gasteiger partial charge in [0.1, 0.15) is 0 Å². The van der Waals surface area contributed by atoms with E-state index in [1.165, 1.54) is 5.56 Å². The van der Waals surface area contributed by atoms with E-state index in [0.717, 1.165) is 38.6 Å². The van der Waals surface area contributed by atoms with Crippen molar-refractivity contribution in [3.8, 4) is 0 Å². The maximum atomic E-state index is 11.3. The van der Waals surface area contributed by atoms with E-state index in [0.29, 0.717) is 6.54 Å². The number of aliphatic carboxylic acids is 1. The summed E-state index contributed by atoms with van der Waals surface area (Å²) in [6, 6.07) is 10.4. The molecule has 0 saturated carbocycles. The number of benzene rings is 1. The number of hydrogen-bond acceptors (Lipinski definition) is 2. The van der Waals surface area contributed by atoms with Gasteiger partial charge in [0, 0.05) is 6.54 Å². The second-order valence-electron chi connectivity index (χ2n) is 5.20. The quantitative estimate of drug-likeness (QED) is 0.759. The third-order valence-electron chi connectivity index (χ3n) is 3.91. The van der Waals surface area contributed by atoms with E-state index in [-0.39, 0.29) is 0 Å². The molecule has 1 fully saturated rings. The molecular formula is C15H21NO2. The Morgan fingerprint density at radius 1 is 1.28 bits per heavy atom. The highest BCUT2D eigenvalue weighted by Gasteiger charge is 2.40. The number of carbonyl (C=O) groups is 1. The van der Waals surface area contributed by atoms with Crippen LogP contribution in [0.15, 0.2) is 30.3 Å². The molecule has 1 aliphatic heterocycles. The van der Waals surface area contributed by atoms with Crippen LogP contribution in [-0.2, 0) is 11.2 Å². The third kappa shape index (κ3) is 3.10. The maximum absolute atomic E-state index is 11.3. The molecule has 0 aromatic heterocycles. The summed E-state index contributed by atoms with van der Waals surface area (Å²) in [5, 5.41) is 12.5. The summed E-state index contributed by atoms with van der Waals surface area (Å²) in [5.74, 6) is -0.632. The Kier molecular flexibility index (Phi) is 4.37. The summed E-state index contributed by atoms with van der Waals surface area (Å²) in [7, 11) is 0. The van der Waals surface area contributed by atoms with Gasteiger partial charge in [0.2, 0.25) is 0 Å². The van der Waals surface area contributed by atoms with Crippen LogP contribution in [-0.4, -0.2) is 24.2 Å². The molecule has 2 N–H and O–H groups in total. The molecule has 1 aromatic carbocycles. The lowest BCUT2D eigenvalue weighted by molar-refractivity contribution is -0.148. The third-order valence-corrected chi connectivity index (χ3v) is 3.91. The van der Waals surface area contributed by atoms with Crippen molar-refractivity contribution >= 4 is 5.97 Å². The van der Waals surface area contributed by atoms with Crippen LogP contribution < -0.4 is 5.32 Å². The Labute approximate surface area is 108 Å². The van der Waals surface area contributed by atoms with Crippen molar-refractivity contribution in [1.82, 2.24) is 5.32 Å². The predicted octanol–water partition coefficient (Wildman–Crippen LogP) is 2.46. The van der Waals surface area contributed by atoms with E-state index in [9.17, 15) is 9.90 Å². The number of unbranched alkanes of at least 4 members (excludes halogenated alkanes) is 1. The summed E-state index contributed by atoms with van der Waals surface area (Å²) in [6.07, 6.45) is 4.67. The highest BCUT2D eigenvalue weighted by Crippen LogP contribution is 2.32. The number of carboxylic acid groups (broad SMARTS) is 1. The highest BCUT2D eigenvalue weighted by atomic mass is 16.4. The molecule has 2 rings (SSSR count). The van der Waals surface area contributed by atoms with Crippen LogP contribution in [0, 0.1) is 5.41 Å². The molecule has 18 heavy (non-hydrogen) atoms. The number of hydrogen-bond donors (Lipinski definition) is 2. The minimum Gasteiger partial charge on any atom is -0.481 e. The Hall–Kier alpha value is -1.35. The SMILES string of the molecule is O=C(O)C1(CCCCc2ccccc2)CCNC1. The zero-order chi connectivity index (χ0) is 12.8. The first-order valence-corrected chi connectivity index (χ1v) is 6.71. The molecule has 1 unspecified atom stereocenters. The molecule has 0 amide bonds. The van der Waals surface area contributed by atoms with Crippen LogP contribution in [0.5, 0.6) is 0 Å². The fourth-order valence-corrected chi connectivity index (χ4v) is 2.68. The summed E-state index contributed by atoms with van der Waals surface area (Å²) < 4.78 is 0. The Bertz CT molecular complexity index is 383. The number of carboxylic acids is 1. The molecule has 1 atom stereocenters. The normalized spacial score (nSPS) is 23.1. The van der Waals surface area contributed by atoms with E-state index < -0.39 is 11.4 Å². The second kappa shape index (κ2) is 6.01. The van der Waals surface area contributed by atoms with Gasteiger partial charge in [-0.25, -0.2) is 0 Å². The average molecular weight is 247 g/mol. The van der Waals surface area contributed by atoms with Gasteiger partial charge in [-0.3, -0.25) is 4.79 Å². The zero-order valence-corrected chi connectivity index (χ0v) is 10.7. The summed E-state index contributed by atoms with van der Waals surface area (Å²) in [5.41, 5.74) is 0.836. The molecule has 0 radical (unpaired) electrons. The first-order valence-electron chi connectivity index (χ1n) is 6.71. The average Bonchev–Trinajstić information content (AvgIpc) is 2.86. The van der Waals surface area contributed by atoms with Crippen molar-refractivity contribution in [1.29, 1.82) is 0 Å². The van der Waals surface area contributed by atoms with E-state index in [1.807, 2.05) is 6.07 Å². The van der Waals surface area contributed by atoms with Crippen LogP contribution in [0.1, 0.15) is 31.2 Å². The molecule has 1 saturated heterocycles. The monoisotopic (exact) mass is 247 g/mol. The fraction of sp³-hybridized carbons (Fsp3) is 0.533. The van der Waals surface area contributed by atoms with Gasteiger partial charge in [-0.2, -0.15) is 0 Å². The van der Waals surface area contributed by atoms with Crippen LogP contribution in [0.25, 0.3) is 0 Å². The van der Waals surface area contributed by atoms with Crippen molar-refractivity contribution in [3.63, 3.8) is 0 Å². The van der Waals surface area contributed by atoms with Crippen molar-refractivity contribution in [3.05, 3.63) is 35.9 Å². The minimum absolute atomic E-state index is 0.503. The molecule has 3 nitrogen and oxygen atoms in total. The smallest absolute Gasteiger partial charge is 0.310 e. The summed E-state index contributed by atoms with van der Waals surface area (Å²) in [6.45, 7) is 1.47. The van der Waals surface area contributed by atoms with Gasteiger partial charge in [-0.15, -0.1) is 0 Å². The van der Waals surface area contributed by atoms with E-state index in [2.05, 4.69) is 29.6 Å². The summed E-state index contributed by atoms with van der Waals surface area (Å²) in [4.78, 5) is 11.3. The van der Waals surface area contributed by atoms with Gasteiger partial charge >= 0.3 is 5.97 Å². The van der Waals surface area contributed by atoms with Crippen LogP contribution in [0.4, 0.5) is 0 Å². The molecular weight excluding hydrogens is 226 g/mol. The Morgan fingerprint density at radius 3 is 2.67 bits per heavy atom. The van der Waals surface area contributed by atoms with E-state index in [1.54, 1.807) is 0 Å². The molecule has 0 spiro atoms. The predicted molar refractivity (Wildman–Crippen MR) is 71.6 cm³/mol. The van der Waals surface area contributed by atoms with Gasteiger partial charge < -0.3 is 10.4 Å². The standard InChI is InChI=1S/C15H21NO2/c17-14(18)15(10-11-16-12-15)9-5-4-8-13-6-2-1-3-7-13/h1-3,6-7,16H,4-5,8-12H2,(H,17,18). The van der Waals surface area contributed by atoms with Crippen LogP contribution >= 0.6 is 0 Å². The van der Waals surface area contributed by atoms with Crippen molar-refractivity contribution in [2.24, 2.45) is 5.41 Å². The molecule has 1 aromatic rings. The number of rotatable bonds is 6. The second-order valence-corrected chi connectivity index (χ2v) is 5.20. The van der Waals surface area contributed by atoms with Gasteiger partial charge in [0.05, 0.1) is 5.41 Å². The zero-order valence-electron chi connectivity index (χ0n) is 10.7.